The molecule has 1 aliphatic rings. The summed E-state index contributed by atoms with van der Waals surface area (Å²) in [6.07, 6.45) is 2.93. The van der Waals surface area contributed by atoms with Gasteiger partial charge in [0.25, 0.3) is 0 Å². The summed E-state index contributed by atoms with van der Waals surface area (Å²) in [4.78, 5) is 14.3. The van der Waals surface area contributed by atoms with E-state index in [-0.39, 0.29) is 6.03 Å². The van der Waals surface area contributed by atoms with Crippen LogP contribution in [0.3, 0.4) is 0 Å². The van der Waals surface area contributed by atoms with E-state index in [1.54, 1.807) is 12.0 Å². The van der Waals surface area contributed by atoms with E-state index in [1.807, 2.05) is 36.4 Å². The third-order valence-corrected chi connectivity index (χ3v) is 4.65. The number of para-hydroxylation sites is 1. The van der Waals surface area contributed by atoms with Crippen LogP contribution in [0.1, 0.15) is 12.0 Å². The van der Waals surface area contributed by atoms with E-state index in [9.17, 15) is 4.79 Å². The van der Waals surface area contributed by atoms with Gasteiger partial charge in [-0.15, -0.1) is 0 Å². The number of nitrogens with one attached hydrogen (secondary N) is 2. The zero-order valence-electron chi connectivity index (χ0n) is 14.5. The number of nitrogens with zero attached hydrogens (tertiary/aromatic N) is 2. The molecule has 1 aliphatic heterocycles. The smallest absolute Gasteiger partial charge is 0.323 e. The van der Waals surface area contributed by atoms with Gasteiger partial charge in [0, 0.05) is 18.5 Å². The van der Waals surface area contributed by atoms with Crippen molar-refractivity contribution >= 4 is 28.3 Å². The molecule has 0 saturated carbocycles. The quantitative estimate of drug-likeness (QED) is 0.754. The van der Waals surface area contributed by atoms with Crippen molar-refractivity contribution in [3.63, 3.8) is 0 Å². The summed E-state index contributed by atoms with van der Waals surface area (Å²) in [5, 5.41) is 10.9. The SMILES string of the molecule is COc1ccc(C2=CCN(C(=O)Nc3n[nH]c4ccccc34)CC2)cc1. The maximum Gasteiger partial charge on any atom is 0.323 e. The second-order valence-corrected chi connectivity index (χ2v) is 6.20. The van der Waals surface area contributed by atoms with Gasteiger partial charge in [-0.05, 0) is 41.8 Å². The fourth-order valence-electron chi connectivity index (χ4n) is 3.16. The normalized spacial score (nSPS) is 14.2. The van der Waals surface area contributed by atoms with Crippen LogP contribution in [0.25, 0.3) is 16.5 Å². The van der Waals surface area contributed by atoms with Crippen LogP contribution in [0.15, 0.2) is 54.6 Å². The molecule has 6 heteroatoms. The maximum atomic E-state index is 12.6. The number of aromatic nitrogens is 2. The molecule has 0 radical (unpaired) electrons. The lowest BCUT2D eigenvalue weighted by atomic mass is 9.99. The van der Waals surface area contributed by atoms with Crippen molar-refractivity contribution in [3.05, 3.63) is 60.2 Å². The highest BCUT2D eigenvalue weighted by Gasteiger charge is 2.19. The highest BCUT2D eigenvalue weighted by Crippen LogP contribution is 2.25. The molecule has 2 heterocycles. The summed E-state index contributed by atoms with van der Waals surface area (Å²) in [6.45, 7) is 1.25. The van der Waals surface area contributed by atoms with Crippen LogP contribution < -0.4 is 10.1 Å². The first-order valence-corrected chi connectivity index (χ1v) is 8.57. The van der Waals surface area contributed by atoms with Gasteiger partial charge in [0.2, 0.25) is 0 Å². The molecule has 6 nitrogen and oxygen atoms in total. The maximum absolute atomic E-state index is 12.6. The molecule has 26 heavy (non-hydrogen) atoms. The number of ether oxygens (including phenoxy) is 1. The van der Waals surface area contributed by atoms with E-state index in [0.29, 0.717) is 18.9 Å². The molecule has 2 aromatic carbocycles. The van der Waals surface area contributed by atoms with Gasteiger partial charge in [0.05, 0.1) is 12.6 Å². The molecular formula is C20H20N4O2. The number of hydrogen-bond donors (Lipinski definition) is 2. The molecule has 0 aliphatic carbocycles. The summed E-state index contributed by atoms with van der Waals surface area (Å²) in [5.74, 6) is 1.41. The first-order valence-electron chi connectivity index (χ1n) is 8.57. The van der Waals surface area contributed by atoms with Crippen molar-refractivity contribution in [1.29, 1.82) is 0 Å². The number of H-pyrrole nitrogens is 1. The van der Waals surface area contributed by atoms with Crippen LogP contribution in [0, 0.1) is 0 Å². The number of amides is 2. The molecule has 132 valence electrons. The van der Waals surface area contributed by atoms with Gasteiger partial charge >= 0.3 is 6.03 Å². The molecule has 0 fully saturated rings. The summed E-state index contributed by atoms with van der Waals surface area (Å²) in [6, 6.07) is 15.6. The van der Waals surface area contributed by atoms with Crippen LogP contribution in [-0.2, 0) is 0 Å². The molecule has 0 spiro atoms. The Morgan fingerprint density at radius 1 is 1.19 bits per heavy atom. The van der Waals surface area contributed by atoms with Crippen molar-refractivity contribution in [3.8, 4) is 5.75 Å². The Kier molecular flexibility index (Phi) is 4.31. The summed E-state index contributed by atoms with van der Waals surface area (Å²) in [5.41, 5.74) is 3.33. The average Bonchev–Trinajstić information content (AvgIpc) is 3.11. The van der Waals surface area contributed by atoms with E-state index in [2.05, 4.69) is 33.7 Å². The number of methoxy groups -OCH3 is 1. The molecule has 0 saturated heterocycles. The highest BCUT2D eigenvalue weighted by atomic mass is 16.5. The van der Waals surface area contributed by atoms with Crippen LogP contribution in [0.2, 0.25) is 0 Å². The molecule has 3 aromatic rings. The number of carbonyl (C=O) groups excluding carboxylic acids is 1. The molecule has 0 unspecified atom stereocenters. The number of carbonyl (C=O) groups is 1. The van der Waals surface area contributed by atoms with Gasteiger partial charge in [-0.2, -0.15) is 5.10 Å². The minimum atomic E-state index is -0.132. The average molecular weight is 348 g/mol. The van der Waals surface area contributed by atoms with Crippen molar-refractivity contribution in [1.82, 2.24) is 15.1 Å². The third kappa shape index (κ3) is 3.13. The van der Waals surface area contributed by atoms with Gasteiger partial charge < -0.3 is 9.64 Å². The molecular weight excluding hydrogens is 328 g/mol. The van der Waals surface area contributed by atoms with Crippen molar-refractivity contribution < 1.29 is 9.53 Å². The van der Waals surface area contributed by atoms with E-state index in [4.69, 9.17) is 4.74 Å². The summed E-state index contributed by atoms with van der Waals surface area (Å²) >= 11 is 0. The minimum Gasteiger partial charge on any atom is -0.497 e. The first-order chi connectivity index (χ1) is 12.7. The van der Waals surface area contributed by atoms with E-state index in [0.717, 1.165) is 23.1 Å². The Morgan fingerprint density at radius 2 is 2.00 bits per heavy atom. The van der Waals surface area contributed by atoms with Gasteiger partial charge in [0.1, 0.15) is 5.75 Å². The summed E-state index contributed by atoms with van der Waals surface area (Å²) < 4.78 is 5.20. The van der Waals surface area contributed by atoms with Gasteiger partial charge in [-0.25, -0.2) is 4.79 Å². The Hall–Kier alpha value is -3.28. The molecule has 2 N–H and O–H groups in total. The molecule has 1 aromatic heterocycles. The third-order valence-electron chi connectivity index (χ3n) is 4.65. The lowest BCUT2D eigenvalue weighted by molar-refractivity contribution is 0.217. The summed E-state index contributed by atoms with van der Waals surface area (Å²) in [7, 11) is 1.66. The molecule has 0 atom stereocenters. The molecule has 2 amide bonds. The van der Waals surface area contributed by atoms with Gasteiger partial charge in [0.15, 0.2) is 5.82 Å². The van der Waals surface area contributed by atoms with Gasteiger partial charge in [-0.1, -0.05) is 30.3 Å². The Labute approximate surface area is 151 Å². The van der Waals surface area contributed by atoms with E-state index < -0.39 is 0 Å². The lowest BCUT2D eigenvalue weighted by Crippen LogP contribution is -2.38. The monoisotopic (exact) mass is 348 g/mol. The topological polar surface area (TPSA) is 70.2 Å². The zero-order chi connectivity index (χ0) is 17.9. The van der Waals surface area contributed by atoms with Crippen LogP contribution in [0.5, 0.6) is 5.75 Å². The highest BCUT2D eigenvalue weighted by molar-refractivity contribution is 5.99. The standard InChI is InChI=1S/C20H20N4O2/c1-26-16-8-6-14(7-9-16)15-10-12-24(13-11-15)20(25)21-19-17-4-2-3-5-18(17)22-23-19/h2-10H,11-13H2,1H3,(H2,21,22,23,25). The zero-order valence-corrected chi connectivity index (χ0v) is 14.5. The lowest BCUT2D eigenvalue weighted by Gasteiger charge is -2.26. The minimum absolute atomic E-state index is 0.132. The molecule has 4 rings (SSSR count). The number of fused-ring (bicyclic) bond motifs is 1. The number of anilines is 1. The van der Waals surface area contributed by atoms with E-state index >= 15 is 0 Å². The van der Waals surface area contributed by atoms with E-state index in [1.165, 1.54) is 11.1 Å². The Bertz CT molecular complexity index is 959. The second kappa shape index (κ2) is 6.92. The number of hydrogen-bond acceptors (Lipinski definition) is 3. The number of urea groups is 1. The molecule has 0 bridgehead atoms. The fraction of sp³-hybridized carbons (Fsp3) is 0.200. The largest absolute Gasteiger partial charge is 0.497 e. The van der Waals surface area contributed by atoms with Crippen LogP contribution >= 0.6 is 0 Å². The van der Waals surface area contributed by atoms with Crippen LogP contribution in [-0.4, -0.2) is 41.3 Å². The Balaban J connectivity index is 1.43. The number of benzene rings is 2. The Morgan fingerprint density at radius 3 is 2.73 bits per heavy atom. The van der Waals surface area contributed by atoms with Crippen LogP contribution in [0.4, 0.5) is 10.6 Å². The predicted octanol–water partition coefficient (Wildman–Crippen LogP) is 3.89. The van der Waals surface area contributed by atoms with Gasteiger partial charge in [-0.3, -0.25) is 10.4 Å². The number of aromatic amines is 1. The van der Waals surface area contributed by atoms with Crippen molar-refractivity contribution in [2.75, 3.05) is 25.5 Å². The second-order valence-electron chi connectivity index (χ2n) is 6.20. The van der Waals surface area contributed by atoms with Crippen molar-refractivity contribution in [2.45, 2.75) is 6.42 Å². The fourth-order valence-corrected chi connectivity index (χ4v) is 3.16. The van der Waals surface area contributed by atoms with Crippen molar-refractivity contribution in [2.24, 2.45) is 0 Å². The first kappa shape index (κ1) is 16.2. The predicted molar refractivity (Wildman–Crippen MR) is 102 cm³/mol. The number of rotatable bonds is 3.